The van der Waals surface area contributed by atoms with Gasteiger partial charge in [0.25, 0.3) is 0 Å². The molecule has 0 unspecified atom stereocenters. The van der Waals surface area contributed by atoms with Crippen LogP contribution in [-0.2, 0) is 4.74 Å². The lowest BCUT2D eigenvalue weighted by molar-refractivity contribution is 0.234. The number of aliphatic imine (C=N–C) groups is 1. The van der Waals surface area contributed by atoms with Crippen LogP contribution in [0.5, 0.6) is 0 Å². The maximum Gasteiger partial charge on any atom is 0.345 e. The van der Waals surface area contributed by atoms with E-state index in [0.717, 1.165) is 25.7 Å². The van der Waals surface area contributed by atoms with Gasteiger partial charge in [-0.15, -0.1) is 4.99 Å². The SMILES string of the molecule is CNC(=O)N=C(NC(=O)NC1CCCCC1)OC. The summed E-state index contributed by atoms with van der Waals surface area (Å²) in [6, 6.07) is -0.907. The molecule has 0 saturated heterocycles. The Bertz CT molecular complexity index is 324. The highest BCUT2D eigenvalue weighted by molar-refractivity contribution is 5.98. The molecule has 1 saturated carbocycles. The van der Waals surface area contributed by atoms with Crippen molar-refractivity contribution < 1.29 is 14.3 Å². The number of hydrogen-bond acceptors (Lipinski definition) is 3. The molecule has 102 valence electrons. The molecule has 0 aromatic carbocycles. The molecular weight excluding hydrogens is 236 g/mol. The second-order valence-electron chi connectivity index (χ2n) is 4.11. The van der Waals surface area contributed by atoms with Gasteiger partial charge in [-0.1, -0.05) is 19.3 Å². The van der Waals surface area contributed by atoms with E-state index in [1.54, 1.807) is 0 Å². The Morgan fingerprint density at radius 2 is 1.89 bits per heavy atom. The number of carbonyl (C=O) groups is 2. The van der Waals surface area contributed by atoms with Crippen LogP contribution in [0.25, 0.3) is 0 Å². The van der Waals surface area contributed by atoms with E-state index in [0.29, 0.717) is 0 Å². The number of amidine groups is 1. The van der Waals surface area contributed by atoms with E-state index in [9.17, 15) is 9.59 Å². The van der Waals surface area contributed by atoms with Gasteiger partial charge in [0.1, 0.15) is 0 Å². The van der Waals surface area contributed by atoms with Gasteiger partial charge in [0, 0.05) is 13.1 Å². The summed E-state index contributed by atoms with van der Waals surface area (Å²) in [5.41, 5.74) is 0. The highest BCUT2D eigenvalue weighted by Crippen LogP contribution is 2.17. The third kappa shape index (κ3) is 5.03. The van der Waals surface area contributed by atoms with Crippen molar-refractivity contribution in [2.45, 2.75) is 38.1 Å². The molecule has 1 aliphatic carbocycles. The topological polar surface area (TPSA) is 91.8 Å². The maximum atomic E-state index is 11.6. The van der Waals surface area contributed by atoms with Gasteiger partial charge in [0.05, 0.1) is 7.11 Å². The van der Waals surface area contributed by atoms with Crippen molar-refractivity contribution in [1.82, 2.24) is 16.0 Å². The van der Waals surface area contributed by atoms with Gasteiger partial charge in [-0.05, 0) is 12.8 Å². The van der Waals surface area contributed by atoms with Crippen LogP contribution in [-0.4, -0.2) is 38.3 Å². The molecule has 4 amide bonds. The van der Waals surface area contributed by atoms with Crippen molar-refractivity contribution in [3.8, 4) is 0 Å². The summed E-state index contributed by atoms with van der Waals surface area (Å²) in [5, 5.41) is 7.53. The number of hydrogen-bond donors (Lipinski definition) is 3. The van der Waals surface area contributed by atoms with E-state index in [4.69, 9.17) is 4.74 Å². The fourth-order valence-corrected chi connectivity index (χ4v) is 1.84. The summed E-state index contributed by atoms with van der Waals surface area (Å²) in [4.78, 5) is 26.2. The van der Waals surface area contributed by atoms with Gasteiger partial charge in [0.2, 0.25) is 0 Å². The Labute approximate surface area is 106 Å². The molecule has 7 heteroatoms. The lowest BCUT2D eigenvalue weighted by Crippen LogP contribution is -2.46. The molecule has 0 spiro atoms. The van der Waals surface area contributed by atoms with E-state index in [-0.39, 0.29) is 12.1 Å². The lowest BCUT2D eigenvalue weighted by atomic mass is 9.96. The highest BCUT2D eigenvalue weighted by atomic mass is 16.5. The molecule has 7 nitrogen and oxygen atoms in total. The van der Waals surface area contributed by atoms with Gasteiger partial charge in [-0.3, -0.25) is 5.32 Å². The van der Waals surface area contributed by atoms with Crippen LogP contribution in [0.1, 0.15) is 32.1 Å². The predicted molar refractivity (Wildman–Crippen MR) is 67.4 cm³/mol. The second-order valence-corrected chi connectivity index (χ2v) is 4.11. The third-order valence-corrected chi connectivity index (χ3v) is 2.77. The second kappa shape index (κ2) is 7.52. The van der Waals surface area contributed by atoms with Gasteiger partial charge in [0.15, 0.2) is 0 Å². The van der Waals surface area contributed by atoms with Crippen molar-refractivity contribution in [2.24, 2.45) is 4.99 Å². The molecule has 0 radical (unpaired) electrons. The van der Waals surface area contributed by atoms with Crippen molar-refractivity contribution in [2.75, 3.05) is 14.2 Å². The van der Waals surface area contributed by atoms with Crippen molar-refractivity contribution in [1.29, 1.82) is 0 Å². The summed E-state index contributed by atoms with van der Waals surface area (Å²) in [6.07, 6.45) is 5.47. The Hall–Kier alpha value is -1.79. The monoisotopic (exact) mass is 256 g/mol. The zero-order valence-electron chi connectivity index (χ0n) is 10.8. The van der Waals surface area contributed by atoms with Crippen LogP contribution < -0.4 is 16.0 Å². The zero-order chi connectivity index (χ0) is 13.4. The summed E-state index contributed by atoms with van der Waals surface area (Å²) in [7, 11) is 2.78. The van der Waals surface area contributed by atoms with Crippen LogP contribution in [0.3, 0.4) is 0 Å². The van der Waals surface area contributed by atoms with Crippen LogP contribution in [0, 0.1) is 0 Å². The molecule has 3 N–H and O–H groups in total. The Morgan fingerprint density at radius 1 is 1.22 bits per heavy atom. The fraction of sp³-hybridized carbons (Fsp3) is 0.727. The average molecular weight is 256 g/mol. The first kappa shape index (κ1) is 14.3. The van der Waals surface area contributed by atoms with Gasteiger partial charge in [-0.25, -0.2) is 9.59 Å². The molecule has 0 heterocycles. The van der Waals surface area contributed by atoms with Crippen molar-refractivity contribution in [3.63, 3.8) is 0 Å². The van der Waals surface area contributed by atoms with Crippen LogP contribution in [0.4, 0.5) is 9.59 Å². The molecule has 18 heavy (non-hydrogen) atoms. The fourth-order valence-electron chi connectivity index (χ4n) is 1.84. The van der Waals surface area contributed by atoms with Crippen LogP contribution >= 0.6 is 0 Å². The first-order chi connectivity index (χ1) is 8.65. The van der Waals surface area contributed by atoms with E-state index in [1.807, 2.05) is 0 Å². The van der Waals surface area contributed by atoms with Crippen molar-refractivity contribution in [3.05, 3.63) is 0 Å². The molecule has 0 atom stereocenters. The number of nitrogens with one attached hydrogen (secondary N) is 3. The summed E-state index contributed by atoms with van der Waals surface area (Å²) >= 11 is 0. The summed E-state index contributed by atoms with van der Waals surface area (Å²) < 4.78 is 4.80. The zero-order valence-corrected chi connectivity index (χ0v) is 10.8. The Balaban J connectivity index is 2.41. The highest BCUT2D eigenvalue weighted by Gasteiger charge is 2.16. The molecule has 1 fully saturated rings. The number of urea groups is 2. The normalized spacial score (nSPS) is 16.9. The summed E-state index contributed by atoms with van der Waals surface area (Å²) in [5.74, 6) is 0. The van der Waals surface area contributed by atoms with Crippen molar-refractivity contribution >= 4 is 18.1 Å². The molecular formula is C11H20N4O3. The Morgan fingerprint density at radius 3 is 2.44 bits per heavy atom. The molecule has 0 aromatic heterocycles. The minimum atomic E-state index is -0.579. The van der Waals surface area contributed by atoms with E-state index in [1.165, 1.54) is 20.6 Å². The minimum Gasteiger partial charge on any atom is -0.468 e. The molecule has 0 bridgehead atoms. The molecule has 0 aromatic rings. The largest absolute Gasteiger partial charge is 0.468 e. The van der Waals surface area contributed by atoms with Crippen LogP contribution in [0.2, 0.25) is 0 Å². The van der Waals surface area contributed by atoms with Gasteiger partial charge >= 0.3 is 18.1 Å². The van der Waals surface area contributed by atoms with Gasteiger partial charge in [-0.2, -0.15) is 0 Å². The molecule has 0 aliphatic heterocycles. The molecule has 1 rings (SSSR count). The number of carbonyl (C=O) groups excluding carboxylic acids is 2. The molecule has 1 aliphatic rings. The number of amides is 4. The van der Waals surface area contributed by atoms with E-state index >= 15 is 0 Å². The maximum absolute atomic E-state index is 11.6. The smallest absolute Gasteiger partial charge is 0.345 e. The van der Waals surface area contributed by atoms with Crippen LogP contribution in [0.15, 0.2) is 4.99 Å². The lowest BCUT2D eigenvalue weighted by Gasteiger charge is -2.22. The number of ether oxygens (including phenoxy) is 1. The van der Waals surface area contributed by atoms with E-state index in [2.05, 4.69) is 20.9 Å². The number of rotatable bonds is 1. The first-order valence-corrected chi connectivity index (χ1v) is 6.07. The van der Waals surface area contributed by atoms with E-state index < -0.39 is 12.1 Å². The minimum absolute atomic E-state index is 0.123. The standard InChI is InChI=1S/C11H20N4O3/c1-12-9(16)14-11(18-2)15-10(17)13-8-6-4-3-5-7-8/h8H,3-7H2,1-2H3,(H3,12,13,14,15,16,17). The number of nitrogens with zero attached hydrogens (tertiary/aromatic N) is 1. The average Bonchev–Trinajstić information content (AvgIpc) is 2.38. The van der Waals surface area contributed by atoms with Gasteiger partial charge < -0.3 is 15.4 Å². The predicted octanol–water partition coefficient (Wildman–Crippen LogP) is 0.960. The quantitative estimate of drug-likeness (QED) is 0.482. The first-order valence-electron chi connectivity index (χ1n) is 6.07. The Kier molecular flexibility index (Phi) is 5.96. The summed E-state index contributed by atoms with van der Waals surface area (Å²) in [6.45, 7) is 0. The third-order valence-electron chi connectivity index (χ3n) is 2.77. The number of methoxy groups -OCH3 is 1.